The number of aliphatic hydroxyl groups excluding tert-OH is 1. The van der Waals surface area contributed by atoms with Gasteiger partial charge in [-0.1, -0.05) is 18.2 Å². The Kier molecular flexibility index (Phi) is 3.42. The van der Waals surface area contributed by atoms with Crippen LogP contribution in [0.15, 0.2) is 29.3 Å². The molecule has 1 fully saturated rings. The fourth-order valence-corrected chi connectivity index (χ4v) is 2.47. The molecule has 1 atom stereocenters. The van der Waals surface area contributed by atoms with E-state index in [1.165, 1.54) is 10.9 Å². The Morgan fingerprint density at radius 3 is 3.06 bits per heavy atom. The molecule has 0 bridgehead atoms. The second kappa shape index (κ2) is 4.83. The van der Waals surface area contributed by atoms with Gasteiger partial charge < -0.3 is 15.5 Å². The molecule has 0 spiro atoms. The summed E-state index contributed by atoms with van der Waals surface area (Å²) in [6.45, 7) is 2.49. The van der Waals surface area contributed by atoms with Crippen LogP contribution in [-0.4, -0.2) is 47.9 Å². The van der Waals surface area contributed by atoms with Crippen LogP contribution in [-0.2, 0) is 0 Å². The normalized spacial score (nSPS) is 21.4. The summed E-state index contributed by atoms with van der Waals surface area (Å²) < 4.78 is 0. The smallest absolute Gasteiger partial charge is 0.0690 e. The predicted molar refractivity (Wildman–Crippen MR) is 64.7 cm³/mol. The van der Waals surface area contributed by atoms with Gasteiger partial charge in [0.05, 0.1) is 31.2 Å². The zero-order valence-electron chi connectivity index (χ0n) is 9.56. The van der Waals surface area contributed by atoms with E-state index < -0.39 is 0 Å². The van der Waals surface area contributed by atoms with E-state index in [2.05, 4.69) is 21.3 Å². The summed E-state index contributed by atoms with van der Waals surface area (Å²) in [6.07, 6.45) is 0. The molecule has 92 valence electrons. The summed E-state index contributed by atoms with van der Waals surface area (Å²) in [7, 11) is 0. The van der Waals surface area contributed by atoms with Gasteiger partial charge in [-0.3, -0.25) is 10.3 Å². The molecule has 17 heavy (non-hydrogen) atoms. The number of nitrogens with one attached hydrogen (secondary N) is 1. The lowest BCUT2D eigenvalue weighted by Gasteiger charge is -2.21. The maximum absolute atomic E-state index is 9.06. The Morgan fingerprint density at radius 1 is 1.41 bits per heavy atom. The van der Waals surface area contributed by atoms with Crippen molar-refractivity contribution in [2.24, 2.45) is 4.99 Å². The number of para-hydroxylation sites is 1. The number of aliphatic hydroxyl groups is 1. The second-order valence-corrected chi connectivity index (χ2v) is 4.14. The second-order valence-electron chi connectivity index (χ2n) is 4.14. The Labute approximate surface area is 99.4 Å². The molecule has 0 amide bonds. The minimum Gasteiger partial charge on any atom is -0.412 e. The first kappa shape index (κ1) is 12.0. The van der Waals surface area contributed by atoms with E-state index in [0.29, 0.717) is 12.6 Å². The van der Waals surface area contributed by atoms with E-state index >= 15 is 0 Å². The maximum atomic E-state index is 9.06. The standard InChI is InChI=1S/C12H15N3O.H2O/c16-6-5-15-8-14-11-7-13-10-4-2-1-3-9(10)12(11)15;/h1-4,11,14,16H,5-8H2;1H2. The number of fused-ring (bicyclic) bond motifs is 2. The van der Waals surface area contributed by atoms with E-state index in [9.17, 15) is 0 Å². The molecular weight excluding hydrogens is 218 g/mol. The highest BCUT2D eigenvalue weighted by atomic mass is 16.3. The number of nitrogens with zero attached hydrogens (tertiary/aromatic N) is 2. The highest BCUT2D eigenvalue weighted by molar-refractivity contribution is 5.52. The monoisotopic (exact) mass is 235 g/mol. The fraction of sp³-hybridized carbons (Fsp3) is 0.417. The molecule has 1 aromatic carbocycles. The van der Waals surface area contributed by atoms with Crippen molar-refractivity contribution in [1.82, 2.24) is 10.2 Å². The van der Waals surface area contributed by atoms with Crippen LogP contribution in [0.5, 0.6) is 0 Å². The molecule has 2 heterocycles. The fourth-order valence-electron chi connectivity index (χ4n) is 2.47. The molecule has 2 aliphatic rings. The van der Waals surface area contributed by atoms with E-state index in [1.54, 1.807) is 0 Å². The topological polar surface area (TPSA) is 79.4 Å². The van der Waals surface area contributed by atoms with Crippen LogP contribution in [0.25, 0.3) is 5.70 Å². The zero-order valence-corrected chi connectivity index (χ0v) is 9.56. The highest BCUT2D eigenvalue weighted by Crippen LogP contribution is 2.16. The molecule has 0 saturated carbocycles. The van der Waals surface area contributed by atoms with Gasteiger partial charge in [-0.25, -0.2) is 0 Å². The molecule has 1 unspecified atom stereocenters. The van der Waals surface area contributed by atoms with Gasteiger partial charge in [0.2, 0.25) is 0 Å². The Balaban J connectivity index is 0.00000108. The van der Waals surface area contributed by atoms with Crippen LogP contribution in [0.3, 0.4) is 0 Å². The summed E-state index contributed by atoms with van der Waals surface area (Å²) in [5, 5.41) is 14.8. The molecule has 1 saturated heterocycles. The lowest BCUT2D eigenvalue weighted by molar-refractivity contribution is 0.248. The van der Waals surface area contributed by atoms with Crippen LogP contribution in [0, 0.1) is 0 Å². The third-order valence-corrected chi connectivity index (χ3v) is 3.19. The van der Waals surface area contributed by atoms with Crippen LogP contribution in [0.4, 0.5) is 0 Å². The quantitative estimate of drug-likeness (QED) is 0.612. The number of β-amino-alcohol motifs (C(OH)–C–C–N with tert-alkyl or cyclic N) is 1. The lowest BCUT2D eigenvalue weighted by atomic mass is 10.1. The maximum Gasteiger partial charge on any atom is 0.0690 e. The molecule has 5 heteroatoms. The third-order valence-electron chi connectivity index (χ3n) is 3.19. The molecule has 1 aromatic rings. The Morgan fingerprint density at radius 2 is 2.24 bits per heavy atom. The Hall–Kier alpha value is -1.43. The van der Waals surface area contributed by atoms with Crippen molar-refractivity contribution in [3.05, 3.63) is 34.8 Å². The average Bonchev–Trinajstić information content (AvgIpc) is 2.73. The summed E-state index contributed by atoms with van der Waals surface area (Å²) in [5.41, 5.74) is 1.29. The van der Waals surface area contributed by atoms with Crippen molar-refractivity contribution < 1.29 is 10.6 Å². The Bertz CT molecular complexity index is 513. The van der Waals surface area contributed by atoms with Crippen LogP contribution >= 0.6 is 0 Å². The number of hydrogen-bond acceptors (Lipinski definition) is 4. The molecule has 5 nitrogen and oxygen atoms in total. The first-order valence-electron chi connectivity index (χ1n) is 5.63. The molecule has 0 aliphatic carbocycles. The van der Waals surface area contributed by atoms with E-state index in [4.69, 9.17) is 5.11 Å². The minimum absolute atomic E-state index is 0. The predicted octanol–water partition coefficient (Wildman–Crippen LogP) is -2.17. The molecule has 4 N–H and O–H groups in total. The minimum atomic E-state index is 0. The van der Waals surface area contributed by atoms with Gasteiger partial charge in [-0.2, -0.15) is 0 Å². The first-order valence-corrected chi connectivity index (χ1v) is 5.63. The van der Waals surface area contributed by atoms with Gasteiger partial charge in [0.25, 0.3) is 0 Å². The summed E-state index contributed by atoms with van der Waals surface area (Å²) >= 11 is 0. The molecule has 3 rings (SSSR count). The zero-order chi connectivity index (χ0) is 11.0. The van der Waals surface area contributed by atoms with Crippen molar-refractivity contribution in [2.45, 2.75) is 6.04 Å². The van der Waals surface area contributed by atoms with Gasteiger partial charge in [0, 0.05) is 17.5 Å². The summed E-state index contributed by atoms with van der Waals surface area (Å²) in [6, 6.07) is 8.54. The summed E-state index contributed by atoms with van der Waals surface area (Å²) in [4.78, 5) is 6.76. The molecule has 0 aromatic heterocycles. The highest BCUT2D eigenvalue weighted by Gasteiger charge is 2.28. The van der Waals surface area contributed by atoms with Crippen molar-refractivity contribution in [2.75, 3.05) is 26.4 Å². The van der Waals surface area contributed by atoms with Crippen LogP contribution < -0.4 is 15.9 Å². The van der Waals surface area contributed by atoms with Gasteiger partial charge in [-0.05, 0) is 6.07 Å². The number of rotatable bonds is 2. The van der Waals surface area contributed by atoms with E-state index in [0.717, 1.165) is 18.6 Å². The van der Waals surface area contributed by atoms with Gasteiger partial charge >= 0.3 is 0 Å². The molecule has 0 radical (unpaired) electrons. The van der Waals surface area contributed by atoms with Crippen molar-refractivity contribution >= 4 is 5.70 Å². The van der Waals surface area contributed by atoms with Gasteiger partial charge in [0.15, 0.2) is 0 Å². The largest absolute Gasteiger partial charge is 0.412 e. The van der Waals surface area contributed by atoms with Crippen molar-refractivity contribution in [1.29, 1.82) is 0 Å². The van der Waals surface area contributed by atoms with Gasteiger partial charge in [0.1, 0.15) is 0 Å². The van der Waals surface area contributed by atoms with E-state index in [-0.39, 0.29) is 12.1 Å². The van der Waals surface area contributed by atoms with Crippen LogP contribution in [0.1, 0.15) is 0 Å². The molecule has 2 aliphatic heterocycles. The average molecular weight is 235 g/mol. The lowest BCUT2D eigenvalue weighted by Crippen LogP contribution is -2.41. The van der Waals surface area contributed by atoms with Crippen molar-refractivity contribution in [3.63, 3.8) is 0 Å². The number of benzene rings is 1. The SMILES string of the molecule is O.OCCN1CNC2CN=c3ccccc3=C21. The molecular formula is C12H17N3O2. The first-order chi connectivity index (χ1) is 7.90. The van der Waals surface area contributed by atoms with E-state index in [1.807, 2.05) is 18.2 Å². The summed E-state index contributed by atoms with van der Waals surface area (Å²) in [5.74, 6) is 0. The van der Waals surface area contributed by atoms with Crippen LogP contribution in [0.2, 0.25) is 0 Å². The van der Waals surface area contributed by atoms with Gasteiger partial charge in [-0.15, -0.1) is 0 Å². The third kappa shape index (κ3) is 1.93. The number of hydrogen-bond donors (Lipinski definition) is 2. The van der Waals surface area contributed by atoms with Crippen molar-refractivity contribution in [3.8, 4) is 0 Å².